The van der Waals surface area contributed by atoms with Crippen LogP contribution >= 0.6 is 15.9 Å². The van der Waals surface area contributed by atoms with E-state index in [1.807, 2.05) is 37.3 Å². The first-order valence-electron chi connectivity index (χ1n) is 8.91. The molecule has 0 heterocycles. The highest BCUT2D eigenvalue weighted by molar-refractivity contribution is 9.10. The number of hydrogen-bond acceptors (Lipinski definition) is 6. The number of nitriles is 1. The summed E-state index contributed by atoms with van der Waals surface area (Å²) >= 11 is 3.34. The predicted molar refractivity (Wildman–Crippen MR) is 113 cm³/mol. The average Bonchev–Trinajstić information content (AvgIpc) is 2.72. The van der Waals surface area contributed by atoms with E-state index in [1.54, 1.807) is 0 Å². The number of esters is 1. The van der Waals surface area contributed by atoms with E-state index >= 15 is 0 Å². The molecule has 0 spiro atoms. The van der Waals surface area contributed by atoms with Crippen molar-refractivity contribution in [3.63, 3.8) is 0 Å². The highest BCUT2D eigenvalue weighted by atomic mass is 79.9. The summed E-state index contributed by atoms with van der Waals surface area (Å²) in [6, 6.07) is 14.1. The first-order valence-corrected chi connectivity index (χ1v) is 11.2. The van der Waals surface area contributed by atoms with E-state index in [0.29, 0.717) is 0 Å². The molecular formula is C20H20BrN3O5S. The Morgan fingerprint density at radius 2 is 1.77 bits per heavy atom. The summed E-state index contributed by atoms with van der Waals surface area (Å²) < 4.78 is 32.3. The zero-order valence-corrected chi connectivity index (χ0v) is 18.5. The Hall–Kier alpha value is -2.74. The normalized spacial score (nSPS) is 11.9. The fourth-order valence-electron chi connectivity index (χ4n) is 2.43. The zero-order chi connectivity index (χ0) is 22.1. The Morgan fingerprint density at radius 1 is 1.13 bits per heavy atom. The van der Waals surface area contributed by atoms with Gasteiger partial charge in [-0.05, 0) is 48.9 Å². The van der Waals surface area contributed by atoms with Gasteiger partial charge in [-0.2, -0.15) is 5.26 Å². The van der Waals surface area contributed by atoms with Crippen molar-refractivity contribution in [2.24, 2.45) is 0 Å². The Balaban J connectivity index is 1.87. The van der Waals surface area contributed by atoms with Crippen LogP contribution in [-0.2, 0) is 19.6 Å². The van der Waals surface area contributed by atoms with Gasteiger partial charge in [0.1, 0.15) is 0 Å². The third kappa shape index (κ3) is 6.95. The van der Waals surface area contributed by atoms with E-state index in [9.17, 15) is 18.0 Å². The van der Waals surface area contributed by atoms with Crippen molar-refractivity contribution < 1.29 is 22.7 Å². The van der Waals surface area contributed by atoms with Gasteiger partial charge in [0, 0.05) is 17.4 Å². The van der Waals surface area contributed by atoms with Crippen LogP contribution in [0.2, 0.25) is 0 Å². The molecule has 0 saturated heterocycles. The Labute approximate surface area is 183 Å². The monoisotopic (exact) mass is 493 g/mol. The number of sulfonamides is 1. The third-order valence-electron chi connectivity index (χ3n) is 4.01. The summed E-state index contributed by atoms with van der Waals surface area (Å²) in [5, 5.41) is 11.2. The molecule has 1 amide bonds. The minimum atomic E-state index is -3.76. The van der Waals surface area contributed by atoms with Crippen LogP contribution in [0.4, 0.5) is 0 Å². The quantitative estimate of drug-likeness (QED) is 0.408. The molecular weight excluding hydrogens is 474 g/mol. The van der Waals surface area contributed by atoms with Crippen molar-refractivity contribution in [3.05, 3.63) is 64.1 Å². The molecule has 2 aromatic carbocycles. The van der Waals surface area contributed by atoms with Gasteiger partial charge in [0.05, 0.1) is 22.6 Å². The minimum absolute atomic E-state index is 0.00356. The van der Waals surface area contributed by atoms with Crippen molar-refractivity contribution in [1.82, 2.24) is 10.0 Å². The minimum Gasteiger partial charge on any atom is -0.452 e. The van der Waals surface area contributed by atoms with Gasteiger partial charge in [-0.25, -0.2) is 17.9 Å². The van der Waals surface area contributed by atoms with Crippen LogP contribution in [0.15, 0.2) is 57.9 Å². The van der Waals surface area contributed by atoms with Crippen LogP contribution < -0.4 is 10.0 Å². The number of ether oxygens (including phenoxy) is 1. The molecule has 1 unspecified atom stereocenters. The van der Waals surface area contributed by atoms with Crippen molar-refractivity contribution >= 4 is 37.8 Å². The second-order valence-electron chi connectivity index (χ2n) is 6.25. The first kappa shape index (κ1) is 23.5. The van der Waals surface area contributed by atoms with Gasteiger partial charge in [-0.15, -0.1) is 0 Å². The second-order valence-corrected chi connectivity index (χ2v) is 8.93. The van der Waals surface area contributed by atoms with Crippen LogP contribution in [0.1, 0.15) is 35.3 Å². The van der Waals surface area contributed by atoms with Gasteiger partial charge >= 0.3 is 5.97 Å². The maximum atomic E-state index is 12.1. The molecule has 0 fully saturated rings. The maximum Gasteiger partial charge on any atom is 0.338 e. The molecule has 1 atom stereocenters. The summed E-state index contributed by atoms with van der Waals surface area (Å²) in [7, 11) is -3.76. The molecule has 0 aliphatic heterocycles. The number of carbonyl (C=O) groups excluding carboxylic acids is 2. The van der Waals surface area contributed by atoms with E-state index in [4.69, 9.17) is 10.00 Å². The van der Waals surface area contributed by atoms with E-state index in [0.717, 1.165) is 10.0 Å². The van der Waals surface area contributed by atoms with Crippen molar-refractivity contribution in [2.75, 3.05) is 13.2 Å². The predicted octanol–water partition coefficient (Wildman–Crippen LogP) is 2.68. The lowest BCUT2D eigenvalue weighted by Crippen LogP contribution is -2.31. The van der Waals surface area contributed by atoms with Crippen molar-refractivity contribution in [3.8, 4) is 6.07 Å². The molecule has 0 radical (unpaired) electrons. The van der Waals surface area contributed by atoms with Crippen molar-refractivity contribution in [1.29, 1.82) is 5.26 Å². The number of nitrogens with zero attached hydrogens (tertiary/aromatic N) is 1. The average molecular weight is 494 g/mol. The smallest absolute Gasteiger partial charge is 0.338 e. The summed E-state index contributed by atoms with van der Waals surface area (Å²) in [5.74, 6) is -1.21. The molecule has 0 saturated carbocycles. The van der Waals surface area contributed by atoms with E-state index in [1.165, 1.54) is 24.3 Å². The number of amides is 1. The number of nitrogens with one attached hydrogen (secondary N) is 2. The van der Waals surface area contributed by atoms with Crippen LogP contribution in [0.5, 0.6) is 0 Å². The number of halogens is 1. The summed E-state index contributed by atoms with van der Waals surface area (Å²) in [6.07, 6.45) is 0.0478. The van der Waals surface area contributed by atoms with Crippen LogP contribution in [0, 0.1) is 11.3 Å². The fourth-order valence-corrected chi connectivity index (χ4v) is 3.72. The molecule has 8 nitrogen and oxygen atoms in total. The number of hydrogen-bond donors (Lipinski definition) is 2. The highest BCUT2D eigenvalue weighted by Crippen LogP contribution is 2.16. The molecule has 30 heavy (non-hydrogen) atoms. The summed E-state index contributed by atoms with van der Waals surface area (Å²) in [5.41, 5.74) is 1.01. The molecule has 0 aromatic heterocycles. The highest BCUT2D eigenvalue weighted by Gasteiger charge is 2.16. The van der Waals surface area contributed by atoms with Gasteiger partial charge in [-0.1, -0.05) is 28.1 Å². The second kappa shape index (κ2) is 10.9. The Kier molecular flexibility index (Phi) is 8.53. The molecule has 0 aliphatic rings. The van der Waals surface area contributed by atoms with Crippen LogP contribution in [0.3, 0.4) is 0 Å². The van der Waals surface area contributed by atoms with Crippen molar-refractivity contribution in [2.45, 2.75) is 24.3 Å². The van der Waals surface area contributed by atoms with Gasteiger partial charge < -0.3 is 10.1 Å². The van der Waals surface area contributed by atoms with Crippen LogP contribution in [-0.4, -0.2) is 33.4 Å². The molecule has 0 bridgehead atoms. The zero-order valence-electron chi connectivity index (χ0n) is 16.1. The SMILES string of the molecule is CC(NC(=O)COC(=O)c1ccc(S(=O)(=O)NCCC#N)cc1)c1ccc(Br)cc1. The Bertz CT molecular complexity index is 1030. The molecule has 2 aromatic rings. The molecule has 10 heteroatoms. The molecule has 2 rings (SSSR count). The third-order valence-corrected chi connectivity index (χ3v) is 6.02. The van der Waals surface area contributed by atoms with Gasteiger partial charge in [0.2, 0.25) is 10.0 Å². The largest absolute Gasteiger partial charge is 0.452 e. The van der Waals surface area contributed by atoms with Gasteiger partial charge in [0.15, 0.2) is 6.61 Å². The van der Waals surface area contributed by atoms with E-state index in [2.05, 4.69) is 26.0 Å². The topological polar surface area (TPSA) is 125 Å². The first-order chi connectivity index (χ1) is 14.2. The summed E-state index contributed by atoms with van der Waals surface area (Å²) in [6.45, 7) is 1.35. The maximum absolute atomic E-state index is 12.1. The number of rotatable bonds is 9. The molecule has 2 N–H and O–H groups in total. The number of carbonyl (C=O) groups is 2. The van der Waals surface area contributed by atoms with E-state index < -0.39 is 28.5 Å². The Morgan fingerprint density at radius 3 is 2.37 bits per heavy atom. The molecule has 0 aliphatic carbocycles. The standard InChI is InChI=1S/C20H20BrN3O5S/c1-14(15-3-7-17(21)8-4-15)24-19(25)13-29-20(26)16-5-9-18(10-6-16)30(27,28)23-12-2-11-22/h3-10,14,23H,2,12-13H2,1H3,(H,24,25). The fraction of sp³-hybridized carbons (Fsp3) is 0.250. The number of benzene rings is 2. The van der Waals surface area contributed by atoms with Gasteiger partial charge in [0.25, 0.3) is 5.91 Å². The summed E-state index contributed by atoms with van der Waals surface area (Å²) in [4.78, 5) is 24.1. The van der Waals surface area contributed by atoms with Crippen LogP contribution in [0.25, 0.3) is 0 Å². The molecule has 158 valence electrons. The van der Waals surface area contributed by atoms with E-state index in [-0.39, 0.29) is 29.5 Å². The lowest BCUT2D eigenvalue weighted by Gasteiger charge is -2.14. The lowest BCUT2D eigenvalue weighted by atomic mass is 10.1. The van der Waals surface area contributed by atoms with Gasteiger partial charge in [-0.3, -0.25) is 4.79 Å². The lowest BCUT2D eigenvalue weighted by molar-refractivity contribution is -0.124.